The van der Waals surface area contributed by atoms with Gasteiger partial charge in [0.2, 0.25) is 0 Å². The summed E-state index contributed by atoms with van der Waals surface area (Å²) in [6.07, 6.45) is 1.40. The van der Waals surface area contributed by atoms with Gasteiger partial charge in [-0.05, 0) is 45.0 Å². The molecule has 0 aromatic rings. The van der Waals surface area contributed by atoms with Crippen LogP contribution in [0, 0.1) is 0 Å². The molecule has 2 atom stereocenters. The molecular weight excluding hydrogens is 296 g/mol. The van der Waals surface area contributed by atoms with Crippen LogP contribution in [-0.4, -0.2) is 32.3 Å². The molecule has 4 nitrogen and oxygen atoms in total. The lowest BCUT2D eigenvalue weighted by molar-refractivity contribution is -0.0349. The fourth-order valence-corrected chi connectivity index (χ4v) is 2.67. The third-order valence-electron chi connectivity index (χ3n) is 3.65. The Morgan fingerprint density at radius 2 is 1.45 bits per heavy atom. The van der Waals surface area contributed by atoms with E-state index in [0.717, 1.165) is 0 Å². The van der Waals surface area contributed by atoms with E-state index in [1.165, 1.54) is 0 Å². The first-order valence-corrected chi connectivity index (χ1v) is 10.5. The molecule has 128 valence electrons. The van der Waals surface area contributed by atoms with E-state index in [4.69, 9.17) is 13.9 Å². The summed E-state index contributed by atoms with van der Waals surface area (Å²) in [7, 11) is -2.02. The van der Waals surface area contributed by atoms with Crippen molar-refractivity contribution in [2.45, 2.75) is 77.5 Å². The molecule has 0 rings (SSSR count). The smallest absolute Gasteiger partial charge is 0.429 e. The zero-order valence-corrected chi connectivity index (χ0v) is 16.4. The van der Waals surface area contributed by atoms with E-state index in [1.807, 2.05) is 0 Å². The predicted octanol–water partition coefficient (Wildman–Crippen LogP) is 5.07. The van der Waals surface area contributed by atoms with Crippen molar-refractivity contribution in [3.63, 3.8) is 0 Å². The Balaban J connectivity index is 5.00. The molecular formula is C17H32O4Si. The van der Waals surface area contributed by atoms with Gasteiger partial charge in [0.1, 0.15) is 11.7 Å². The lowest BCUT2D eigenvalue weighted by atomic mass is 10.2. The molecule has 5 heteroatoms. The normalized spacial score (nSPS) is 15.6. The molecule has 0 aliphatic heterocycles. The zero-order chi connectivity index (χ0) is 17.8. The highest BCUT2D eigenvalue weighted by Gasteiger charge is 2.40. The van der Waals surface area contributed by atoms with Gasteiger partial charge in [0, 0.05) is 0 Å². The van der Waals surface area contributed by atoms with Crippen molar-refractivity contribution in [3.8, 4) is 0 Å². The summed E-state index contributed by atoms with van der Waals surface area (Å²) in [5, 5.41) is 0.0475. The number of rotatable bonds is 6. The molecule has 0 aromatic carbocycles. The largest absolute Gasteiger partial charge is 0.509 e. The molecule has 0 amide bonds. The van der Waals surface area contributed by atoms with Crippen LogP contribution in [0.5, 0.6) is 0 Å². The highest BCUT2D eigenvalue weighted by molar-refractivity contribution is 6.74. The standard InChI is InChI=1S/C17H32O4Si/c1-11-13(19-15(18)20-16(3,4)5)14(12-2)21-22(9,10)17(6,7)8/h11-14H,1-2H2,3-10H3/t13-,14-/m1/s1. The minimum Gasteiger partial charge on any atom is -0.429 e. The van der Waals surface area contributed by atoms with Gasteiger partial charge in [-0.25, -0.2) is 4.79 Å². The van der Waals surface area contributed by atoms with Crippen LogP contribution < -0.4 is 0 Å². The lowest BCUT2D eigenvalue weighted by Crippen LogP contribution is -2.47. The van der Waals surface area contributed by atoms with E-state index >= 15 is 0 Å². The molecule has 0 aromatic heterocycles. The maximum atomic E-state index is 11.8. The molecule has 0 aliphatic carbocycles. The van der Waals surface area contributed by atoms with Gasteiger partial charge in [0.05, 0.1) is 0 Å². The van der Waals surface area contributed by atoms with Crippen LogP contribution in [0.15, 0.2) is 25.3 Å². The molecule has 0 heterocycles. The Morgan fingerprint density at radius 1 is 1.00 bits per heavy atom. The summed E-state index contributed by atoms with van der Waals surface area (Å²) in [6.45, 7) is 23.6. The van der Waals surface area contributed by atoms with Crippen LogP contribution in [0.1, 0.15) is 41.5 Å². The average Bonchev–Trinajstić information content (AvgIpc) is 2.29. The molecule has 0 unspecified atom stereocenters. The molecule has 0 saturated carbocycles. The summed E-state index contributed by atoms with van der Waals surface area (Å²) >= 11 is 0. The van der Waals surface area contributed by atoms with E-state index in [-0.39, 0.29) is 5.04 Å². The van der Waals surface area contributed by atoms with Gasteiger partial charge >= 0.3 is 6.16 Å². The van der Waals surface area contributed by atoms with Gasteiger partial charge in [-0.2, -0.15) is 0 Å². The van der Waals surface area contributed by atoms with Crippen molar-refractivity contribution < 1.29 is 18.7 Å². The third kappa shape index (κ3) is 6.79. The molecule has 0 bridgehead atoms. The van der Waals surface area contributed by atoms with E-state index in [0.29, 0.717) is 0 Å². The van der Waals surface area contributed by atoms with Crippen LogP contribution in [0.3, 0.4) is 0 Å². The fourth-order valence-electron chi connectivity index (χ4n) is 1.40. The van der Waals surface area contributed by atoms with Crippen LogP contribution >= 0.6 is 0 Å². The maximum Gasteiger partial charge on any atom is 0.509 e. The average molecular weight is 329 g/mol. The quantitative estimate of drug-likeness (QED) is 0.388. The molecule has 0 fully saturated rings. The minimum absolute atomic E-state index is 0.0475. The van der Waals surface area contributed by atoms with E-state index < -0.39 is 32.3 Å². The Hall–Kier alpha value is -1.07. The van der Waals surface area contributed by atoms with Crippen LogP contribution in [-0.2, 0) is 13.9 Å². The second-order valence-corrected chi connectivity index (χ2v) is 12.6. The Bertz CT molecular complexity index is 402. The van der Waals surface area contributed by atoms with Crippen LogP contribution in [0.4, 0.5) is 4.79 Å². The van der Waals surface area contributed by atoms with E-state index in [1.54, 1.807) is 32.9 Å². The summed E-state index contributed by atoms with van der Waals surface area (Å²) in [5.41, 5.74) is -0.604. The van der Waals surface area contributed by atoms with Gasteiger partial charge in [0.25, 0.3) is 0 Å². The van der Waals surface area contributed by atoms with E-state index in [9.17, 15) is 4.79 Å². The summed E-state index contributed by atoms with van der Waals surface area (Å²) in [5.74, 6) is 0. The second kappa shape index (κ2) is 7.46. The molecule has 0 spiro atoms. The molecule has 22 heavy (non-hydrogen) atoms. The number of ether oxygens (including phenoxy) is 2. The Morgan fingerprint density at radius 3 is 1.77 bits per heavy atom. The summed E-state index contributed by atoms with van der Waals surface area (Å²) in [4.78, 5) is 11.8. The van der Waals surface area contributed by atoms with Gasteiger partial charge in [-0.1, -0.05) is 33.4 Å². The van der Waals surface area contributed by atoms with Gasteiger partial charge in [0.15, 0.2) is 14.4 Å². The van der Waals surface area contributed by atoms with Gasteiger partial charge in [-0.15, -0.1) is 6.58 Å². The topological polar surface area (TPSA) is 44.8 Å². The first-order valence-electron chi connectivity index (χ1n) is 7.56. The first-order chi connectivity index (χ1) is 9.73. The zero-order valence-electron chi connectivity index (χ0n) is 15.4. The van der Waals surface area contributed by atoms with Crippen molar-refractivity contribution in [1.29, 1.82) is 0 Å². The van der Waals surface area contributed by atoms with Crippen molar-refractivity contribution in [1.82, 2.24) is 0 Å². The van der Waals surface area contributed by atoms with E-state index in [2.05, 4.69) is 47.0 Å². The third-order valence-corrected chi connectivity index (χ3v) is 8.12. The number of hydrogen-bond donors (Lipinski definition) is 0. The molecule has 0 N–H and O–H groups in total. The Labute approximate surface area is 136 Å². The SMILES string of the molecule is C=C[C@@H](OC(=O)OC(C)(C)C)[C@@H](C=C)O[Si](C)(C)C(C)(C)C. The van der Waals surface area contributed by atoms with Crippen LogP contribution in [0.25, 0.3) is 0 Å². The monoisotopic (exact) mass is 328 g/mol. The molecule has 0 radical (unpaired) electrons. The molecule has 0 saturated heterocycles. The first kappa shape index (κ1) is 20.9. The fraction of sp³-hybridized carbons (Fsp3) is 0.706. The molecule has 0 aliphatic rings. The lowest BCUT2D eigenvalue weighted by Gasteiger charge is -2.39. The van der Waals surface area contributed by atoms with Crippen LogP contribution in [0.2, 0.25) is 18.1 Å². The highest BCUT2D eigenvalue weighted by atomic mass is 28.4. The minimum atomic E-state index is -2.02. The summed E-state index contributed by atoms with van der Waals surface area (Å²) < 4.78 is 16.8. The van der Waals surface area contributed by atoms with Gasteiger partial charge in [-0.3, -0.25) is 0 Å². The van der Waals surface area contributed by atoms with Crippen molar-refractivity contribution in [2.24, 2.45) is 0 Å². The summed E-state index contributed by atoms with van der Waals surface area (Å²) in [6, 6.07) is 0. The maximum absolute atomic E-state index is 11.8. The predicted molar refractivity (Wildman–Crippen MR) is 93.6 cm³/mol. The Kier molecular flexibility index (Phi) is 7.10. The number of carbonyl (C=O) groups excluding carboxylic acids is 1. The van der Waals surface area contributed by atoms with Crippen molar-refractivity contribution >= 4 is 14.5 Å². The number of hydrogen-bond acceptors (Lipinski definition) is 4. The number of carbonyl (C=O) groups is 1. The van der Waals surface area contributed by atoms with Gasteiger partial charge < -0.3 is 13.9 Å². The van der Waals surface area contributed by atoms with Crippen molar-refractivity contribution in [3.05, 3.63) is 25.3 Å². The van der Waals surface area contributed by atoms with Crippen molar-refractivity contribution in [2.75, 3.05) is 0 Å². The second-order valence-electron chi connectivity index (χ2n) is 7.86. The highest BCUT2D eigenvalue weighted by Crippen LogP contribution is 2.38.